The quantitative estimate of drug-likeness (QED) is 0.267. The standard InChI is InChI=1S/C30H45FN2/c1-3-5-7-9-10-11-13-24-15-17-25(18-16-24)28-22-32-30(33-23-28)27-20-19-26(29(31)21-27)14-12-8-6-4-2/h19-25H,3-18H2,1-2H3. The van der Waals surface area contributed by atoms with Gasteiger partial charge in [0, 0.05) is 18.0 Å². The molecule has 2 aromatic rings. The van der Waals surface area contributed by atoms with Crippen molar-refractivity contribution in [3.8, 4) is 11.4 Å². The SMILES string of the molecule is CCCCCCCCC1CCC(c2cnc(-c3ccc(CCCCCC)c(F)c3)nc2)CC1. The molecule has 182 valence electrons. The zero-order valence-electron chi connectivity index (χ0n) is 21.1. The van der Waals surface area contributed by atoms with Crippen LogP contribution in [0.15, 0.2) is 30.6 Å². The molecule has 1 heterocycles. The number of aryl methyl sites for hydroxylation is 1. The fraction of sp³-hybridized carbons (Fsp3) is 0.667. The molecule has 1 aromatic heterocycles. The van der Waals surface area contributed by atoms with Gasteiger partial charge in [-0.15, -0.1) is 0 Å². The topological polar surface area (TPSA) is 25.8 Å². The number of hydrogen-bond donors (Lipinski definition) is 0. The van der Waals surface area contributed by atoms with Gasteiger partial charge in [-0.3, -0.25) is 0 Å². The van der Waals surface area contributed by atoms with E-state index in [0.717, 1.165) is 29.9 Å². The summed E-state index contributed by atoms with van der Waals surface area (Å²) in [4.78, 5) is 9.22. The summed E-state index contributed by atoms with van der Waals surface area (Å²) in [6.07, 6.45) is 24.4. The molecule has 1 fully saturated rings. The third kappa shape index (κ3) is 8.50. The highest BCUT2D eigenvalue weighted by Gasteiger charge is 2.22. The largest absolute Gasteiger partial charge is 0.236 e. The summed E-state index contributed by atoms with van der Waals surface area (Å²) in [5, 5.41) is 0. The van der Waals surface area contributed by atoms with E-state index in [4.69, 9.17) is 0 Å². The second-order valence-electron chi connectivity index (χ2n) is 10.2. The van der Waals surface area contributed by atoms with Crippen LogP contribution in [-0.4, -0.2) is 9.97 Å². The first-order chi connectivity index (χ1) is 16.2. The Labute approximate surface area is 201 Å². The number of benzene rings is 1. The maximum atomic E-state index is 14.6. The van der Waals surface area contributed by atoms with E-state index in [2.05, 4.69) is 23.8 Å². The lowest BCUT2D eigenvalue weighted by atomic mass is 9.77. The zero-order valence-corrected chi connectivity index (χ0v) is 21.1. The number of aromatic nitrogens is 2. The molecule has 1 saturated carbocycles. The van der Waals surface area contributed by atoms with Gasteiger partial charge in [0.15, 0.2) is 5.82 Å². The average Bonchev–Trinajstić information content (AvgIpc) is 2.85. The van der Waals surface area contributed by atoms with Gasteiger partial charge in [-0.05, 0) is 67.6 Å². The summed E-state index contributed by atoms with van der Waals surface area (Å²) in [6, 6.07) is 5.50. The molecule has 0 aliphatic heterocycles. The van der Waals surface area contributed by atoms with Gasteiger partial charge in [-0.1, -0.05) is 90.2 Å². The van der Waals surface area contributed by atoms with E-state index in [1.54, 1.807) is 6.07 Å². The van der Waals surface area contributed by atoms with Gasteiger partial charge >= 0.3 is 0 Å². The lowest BCUT2D eigenvalue weighted by molar-refractivity contribution is 0.301. The molecule has 2 nitrogen and oxygen atoms in total. The third-order valence-electron chi connectivity index (χ3n) is 7.57. The molecule has 0 saturated heterocycles. The molecule has 0 unspecified atom stereocenters. The van der Waals surface area contributed by atoms with Gasteiger partial charge in [0.25, 0.3) is 0 Å². The minimum absolute atomic E-state index is 0.125. The summed E-state index contributed by atoms with van der Waals surface area (Å²) in [7, 11) is 0. The number of nitrogens with zero attached hydrogens (tertiary/aromatic N) is 2. The maximum absolute atomic E-state index is 14.6. The van der Waals surface area contributed by atoms with Crippen LogP contribution < -0.4 is 0 Å². The molecule has 1 aliphatic rings. The Kier molecular flexibility index (Phi) is 11.3. The van der Waals surface area contributed by atoms with Crippen molar-refractivity contribution in [1.29, 1.82) is 0 Å². The summed E-state index contributed by atoms with van der Waals surface area (Å²) in [5.74, 6) is 2.01. The molecule has 3 heteroatoms. The van der Waals surface area contributed by atoms with Crippen molar-refractivity contribution >= 4 is 0 Å². The Morgan fingerprint density at radius 2 is 1.42 bits per heavy atom. The Morgan fingerprint density at radius 3 is 2.09 bits per heavy atom. The van der Waals surface area contributed by atoms with E-state index in [9.17, 15) is 4.39 Å². The van der Waals surface area contributed by atoms with Crippen LogP contribution in [0.5, 0.6) is 0 Å². The zero-order chi connectivity index (χ0) is 23.3. The molecule has 0 bridgehead atoms. The number of hydrogen-bond acceptors (Lipinski definition) is 2. The van der Waals surface area contributed by atoms with Gasteiger partial charge in [-0.25, -0.2) is 14.4 Å². The first-order valence-corrected chi connectivity index (χ1v) is 13.8. The van der Waals surface area contributed by atoms with Crippen molar-refractivity contribution in [1.82, 2.24) is 9.97 Å². The number of unbranched alkanes of at least 4 members (excludes halogenated alkanes) is 8. The summed E-state index contributed by atoms with van der Waals surface area (Å²) in [5.41, 5.74) is 2.84. The Bertz CT molecular complexity index is 793. The monoisotopic (exact) mass is 452 g/mol. The highest BCUT2D eigenvalue weighted by molar-refractivity contribution is 5.55. The predicted molar refractivity (Wildman–Crippen MR) is 138 cm³/mol. The molecule has 0 radical (unpaired) electrons. The fourth-order valence-corrected chi connectivity index (χ4v) is 5.33. The van der Waals surface area contributed by atoms with E-state index < -0.39 is 0 Å². The number of rotatable bonds is 14. The molecule has 0 N–H and O–H groups in total. The molecule has 0 atom stereocenters. The molecular formula is C30H45FN2. The Hall–Kier alpha value is -1.77. The Morgan fingerprint density at radius 1 is 0.788 bits per heavy atom. The van der Waals surface area contributed by atoms with Crippen molar-refractivity contribution in [2.75, 3.05) is 0 Å². The molecule has 1 aliphatic carbocycles. The van der Waals surface area contributed by atoms with Gasteiger partial charge < -0.3 is 0 Å². The molecule has 3 rings (SSSR count). The van der Waals surface area contributed by atoms with Crippen molar-refractivity contribution in [2.45, 2.75) is 122 Å². The van der Waals surface area contributed by atoms with Crippen molar-refractivity contribution in [3.63, 3.8) is 0 Å². The highest BCUT2D eigenvalue weighted by atomic mass is 19.1. The van der Waals surface area contributed by atoms with Gasteiger partial charge in [-0.2, -0.15) is 0 Å². The van der Waals surface area contributed by atoms with E-state index in [1.165, 1.54) is 95.5 Å². The van der Waals surface area contributed by atoms with E-state index in [-0.39, 0.29) is 5.82 Å². The molecule has 33 heavy (non-hydrogen) atoms. The van der Waals surface area contributed by atoms with E-state index in [1.807, 2.05) is 24.5 Å². The van der Waals surface area contributed by atoms with Crippen molar-refractivity contribution < 1.29 is 4.39 Å². The highest BCUT2D eigenvalue weighted by Crippen LogP contribution is 2.37. The van der Waals surface area contributed by atoms with Gasteiger partial charge in [0.2, 0.25) is 0 Å². The van der Waals surface area contributed by atoms with E-state index in [0.29, 0.717) is 11.7 Å². The molecule has 0 amide bonds. The lowest BCUT2D eigenvalue weighted by Gasteiger charge is -2.28. The fourth-order valence-electron chi connectivity index (χ4n) is 5.33. The third-order valence-corrected chi connectivity index (χ3v) is 7.57. The first kappa shape index (κ1) is 25.8. The summed E-state index contributed by atoms with van der Waals surface area (Å²) < 4.78 is 14.6. The summed E-state index contributed by atoms with van der Waals surface area (Å²) in [6.45, 7) is 4.48. The molecule has 0 spiro atoms. The number of halogens is 1. The molecule has 1 aromatic carbocycles. The van der Waals surface area contributed by atoms with Crippen LogP contribution in [0, 0.1) is 11.7 Å². The van der Waals surface area contributed by atoms with Gasteiger partial charge in [0.05, 0.1) is 0 Å². The van der Waals surface area contributed by atoms with Crippen molar-refractivity contribution in [3.05, 3.63) is 47.5 Å². The molecular weight excluding hydrogens is 407 g/mol. The van der Waals surface area contributed by atoms with Crippen LogP contribution in [0.2, 0.25) is 0 Å². The lowest BCUT2D eigenvalue weighted by Crippen LogP contribution is -2.14. The van der Waals surface area contributed by atoms with E-state index >= 15 is 0 Å². The van der Waals surface area contributed by atoms with Crippen LogP contribution in [0.25, 0.3) is 11.4 Å². The van der Waals surface area contributed by atoms with Crippen LogP contribution in [0.1, 0.15) is 127 Å². The second-order valence-corrected chi connectivity index (χ2v) is 10.2. The minimum atomic E-state index is -0.125. The van der Waals surface area contributed by atoms with Crippen LogP contribution in [0.3, 0.4) is 0 Å². The van der Waals surface area contributed by atoms with Crippen LogP contribution in [0.4, 0.5) is 4.39 Å². The predicted octanol–water partition coefficient (Wildman–Crippen LogP) is 9.43. The first-order valence-electron chi connectivity index (χ1n) is 13.8. The normalized spacial score (nSPS) is 18.5. The van der Waals surface area contributed by atoms with Gasteiger partial charge in [0.1, 0.15) is 5.82 Å². The minimum Gasteiger partial charge on any atom is -0.236 e. The smallest absolute Gasteiger partial charge is 0.159 e. The van der Waals surface area contributed by atoms with Crippen LogP contribution in [-0.2, 0) is 6.42 Å². The Balaban J connectivity index is 1.44. The second kappa shape index (κ2) is 14.5. The summed E-state index contributed by atoms with van der Waals surface area (Å²) >= 11 is 0. The van der Waals surface area contributed by atoms with Crippen LogP contribution >= 0.6 is 0 Å². The maximum Gasteiger partial charge on any atom is 0.159 e. The van der Waals surface area contributed by atoms with Crippen molar-refractivity contribution in [2.24, 2.45) is 5.92 Å². The average molecular weight is 453 g/mol.